The van der Waals surface area contributed by atoms with Crippen molar-refractivity contribution in [1.29, 1.82) is 0 Å². The zero-order chi connectivity index (χ0) is 12.1. The van der Waals surface area contributed by atoms with Gasteiger partial charge in [0.05, 0.1) is 4.34 Å². The molecule has 0 radical (unpaired) electrons. The Kier molecular flexibility index (Phi) is 7.79. The third-order valence-electron chi connectivity index (χ3n) is 2.61. The summed E-state index contributed by atoms with van der Waals surface area (Å²) in [5.41, 5.74) is 5.51. The van der Waals surface area contributed by atoms with Gasteiger partial charge in [-0.15, -0.1) is 23.7 Å². The minimum absolute atomic E-state index is 0. The average molecular weight is 297 g/mol. The monoisotopic (exact) mass is 296 g/mol. The molecule has 3 nitrogen and oxygen atoms in total. The average Bonchev–Trinajstić information content (AvgIpc) is 2.69. The van der Waals surface area contributed by atoms with Gasteiger partial charge in [-0.2, -0.15) is 0 Å². The number of likely N-dealkylation sites (N-methyl/N-ethyl adjacent to an activating group) is 1. The first kappa shape index (κ1) is 16.7. The van der Waals surface area contributed by atoms with Crippen molar-refractivity contribution in [2.45, 2.75) is 25.8 Å². The van der Waals surface area contributed by atoms with E-state index in [-0.39, 0.29) is 24.4 Å². The normalized spacial score (nSPS) is 11.8. The molecule has 0 saturated heterocycles. The fourth-order valence-electron chi connectivity index (χ4n) is 1.30. The largest absolute Gasteiger partial charge is 0.342 e. The molecule has 1 heterocycles. The Morgan fingerprint density at radius 2 is 2.24 bits per heavy atom. The van der Waals surface area contributed by atoms with Crippen LogP contribution in [0.4, 0.5) is 0 Å². The second-order valence-corrected chi connectivity index (χ2v) is 5.59. The summed E-state index contributed by atoms with van der Waals surface area (Å²) in [5, 5.41) is 0. The van der Waals surface area contributed by atoms with Crippen LogP contribution in [0, 0.1) is 0 Å². The Bertz CT molecular complexity index is 357. The molecule has 0 fully saturated rings. The third kappa shape index (κ3) is 5.25. The van der Waals surface area contributed by atoms with E-state index in [2.05, 4.69) is 0 Å². The Morgan fingerprint density at radius 3 is 2.71 bits per heavy atom. The lowest BCUT2D eigenvalue weighted by atomic mass is 10.2. The quantitative estimate of drug-likeness (QED) is 0.908. The van der Waals surface area contributed by atoms with Crippen LogP contribution in [0.15, 0.2) is 12.1 Å². The number of rotatable bonds is 5. The van der Waals surface area contributed by atoms with Gasteiger partial charge in [0.15, 0.2) is 0 Å². The first-order chi connectivity index (χ1) is 7.54. The Labute approximate surface area is 117 Å². The van der Waals surface area contributed by atoms with Crippen molar-refractivity contribution >= 4 is 41.3 Å². The zero-order valence-corrected chi connectivity index (χ0v) is 12.4. The van der Waals surface area contributed by atoms with E-state index in [1.165, 1.54) is 11.3 Å². The lowest BCUT2D eigenvalue weighted by Crippen LogP contribution is -2.39. The van der Waals surface area contributed by atoms with Gasteiger partial charge in [-0.1, -0.05) is 11.6 Å². The standard InChI is InChI=1S/C11H17ClN2OS.ClH/c1-8(7-13)14(2)11(15)6-4-9-3-5-10(12)16-9;/h3,5,8H,4,6-7,13H2,1-2H3;1H. The van der Waals surface area contributed by atoms with E-state index in [0.29, 0.717) is 13.0 Å². The van der Waals surface area contributed by atoms with Gasteiger partial charge >= 0.3 is 0 Å². The lowest BCUT2D eigenvalue weighted by molar-refractivity contribution is -0.131. The van der Waals surface area contributed by atoms with Crippen LogP contribution in [0.25, 0.3) is 0 Å². The van der Waals surface area contributed by atoms with Crippen LogP contribution in [-0.2, 0) is 11.2 Å². The molecule has 1 unspecified atom stereocenters. The molecular weight excluding hydrogens is 279 g/mol. The summed E-state index contributed by atoms with van der Waals surface area (Å²) in [6.45, 7) is 2.44. The maximum atomic E-state index is 11.8. The number of aryl methyl sites for hydroxylation is 1. The van der Waals surface area contributed by atoms with E-state index in [0.717, 1.165) is 15.6 Å². The molecule has 98 valence electrons. The molecule has 0 bridgehead atoms. The van der Waals surface area contributed by atoms with Gasteiger partial charge < -0.3 is 10.6 Å². The number of thiophene rings is 1. The molecule has 17 heavy (non-hydrogen) atoms. The maximum Gasteiger partial charge on any atom is 0.222 e. The number of hydrogen-bond acceptors (Lipinski definition) is 3. The van der Waals surface area contributed by atoms with E-state index in [1.807, 2.05) is 19.1 Å². The molecular formula is C11H18Cl2N2OS. The molecule has 0 aliphatic carbocycles. The highest BCUT2D eigenvalue weighted by atomic mass is 35.5. The van der Waals surface area contributed by atoms with Crippen molar-refractivity contribution < 1.29 is 4.79 Å². The second kappa shape index (κ2) is 7.93. The molecule has 0 aliphatic rings. The Balaban J connectivity index is 0.00000256. The molecule has 1 aromatic heterocycles. The van der Waals surface area contributed by atoms with Crippen molar-refractivity contribution in [3.63, 3.8) is 0 Å². The Morgan fingerprint density at radius 1 is 1.59 bits per heavy atom. The van der Waals surface area contributed by atoms with Gasteiger partial charge in [-0.05, 0) is 25.5 Å². The van der Waals surface area contributed by atoms with Crippen LogP contribution >= 0.6 is 35.3 Å². The molecule has 2 N–H and O–H groups in total. The molecule has 0 aliphatic heterocycles. The SMILES string of the molecule is CC(CN)N(C)C(=O)CCc1ccc(Cl)s1.Cl. The summed E-state index contributed by atoms with van der Waals surface area (Å²) in [5.74, 6) is 0.127. The molecule has 0 spiro atoms. The van der Waals surface area contributed by atoms with E-state index in [9.17, 15) is 4.79 Å². The molecule has 1 atom stereocenters. The van der Waals surface area contributed by atoms with Crippen molar-refractivity contribution in [2.75, 3.05) is 13.6 Å². The molecule has 0 saturated carbocycles. The molecule has 1 amide bonds. The van der Waals surface area contributed by atoms with Crippen molar-refractivity contribution in [2.24, 2.45) is 5.73 Å². The number of nitrogens with zero attached hydrogens (tertiary/aromatic N) is 1. The summed E-state index contributed by atoms with van der Waals surface area (Å²) in [4.78, 5) is 14.6. The zero-order valence-electron chi connectivity index (χ0n) is 9.98. The number of carbonyl (C=O) groups is 1. The number of nitrogens with two attached hydrogens (primary N) is 1. The van der Waals surface area contributed by atoms with Gasteiger partial charge in [-0.3, -0.25) is 4.79 Å². The first-order valence-corrected chi connectivity index (χ1v) is 6.44. The molecule has 0 aromatic carbocycles. The van der Waals surface area contributed by atoms with Gasteiger partial charge in [-0.25, -0.2) is 0 Å². The lowest BCUT2D eigenvalue weighted by Gasteiger charge is -2.23. The third-order valence-corrected chi connectivity index (χ3v) is 3.90. The summed E-state index contributed by atoms with van der Waals surface area (Å²) in [7, 11) is 1.79. The minimum Gasteiger partial charge on any atom is -0.342 e. The Hall–Kier alpha value is -0.290. The van der Waals surface area contributed by atoms with Crippen molar-refractivity contribution in [1.82, 2.24) is 4.90 Å². The predicted octanol–water partition coefficient (Wildman–Crippen LogP) is 2.56. The number of halogens is 2. The number of amides is 1. The van der Waals surface area contributed by atoms with Crippen LogP contribution in [0.5, 0.6) is 0 Å². The molecule has 6 heteroatoms. The highest BCUT2D eigenvalue weighted by Crippen LogP contribution is 2.22. The van der Waals surface area contributed by atoms with Crippen molar-refractivity contribution in [3.8, 4) is 0 Å². The smallest absolute Gasteiger partial charge is 0.222 e. The second-order valence-electron chi connectivity index (χ2n) is 3.80. The van der Waals surface area contributed by atoms with Crippen LogP contribution in [0.3, 0.4) is 0 Å². The summed E-state index contributed by atoms with van der Waals surface area (Å²) in [6, 6.07) is 3.92. The van der Waals surface area contributed by atoms with E-state index < -0.39 is 0 Å². The summed E-state index contributed by atoms with van der Waals surface area (Å²) >= 11 is 7.34. The van der Waals surface area contributed by atoms with Crippen LogP contribution in [-0.4, -0.2) is 30.4 Å². The topological polar surface area (TPSA) is 46.3 Å². The summed E-state index contributed by atoms with van der Waals surface area (Å²) in [6.07, 6.45) is 1.26. The van der Waals surface area contributed by atoms with Gasteiger partial charge in [0.1, 0.15) is 0 Å². The predicted molar refractivity (Wildman–Crippen MR) is 76.2 cm³/mol. The number of carbonyl (C=O) groups excluding carboxylic acids is 1. The highest BCUT2D eigenvalue weighted by molar-refractivity contribution is 7.16. The van der Waals surface area contributed by atoms with E-state index >= 15 is 0 Å². The number of hydrogen-bond donors (Lipinski definition) is 1. The maximum absolute atomic E-state index is 11.8. The van der Waals surface area contributed by atoms with Gasteiger partial charge in [0.2, 0.25) is 5.91 Å². The van der Waals surface area contributed by atoms with Crippen LogP contribution in [0.1, 0.15) is 18.2 Å². The van der Waals surface area contributed by atoms with Crippen LogP contribution < -0.4 is 5.73 Å². The van der Waals surface area contributed by atoms with Crippen molar-refractivity contribution in [3.05, 3.63) is 21.3 Å². The van der Waals surface area contributed by atoms with E-state index in [4.69, 9.17) is 17.3 Å². The summed E-state index contributed by atoms with van der Waals surface area (Å²) < 4.78 is 0.770. The fourth-order valence-corrected chi connectivity index (χ4v) is 2.38. The van der Waals surface area contributed by atoms with Gasteiger partial charge in [0, 0.05) is 30.9 Å². The van der Waals surface area contributed by atoms with Gasteiger partial charge in [0.25, 0.3) is 0 Å². The molecule has 1 rings (SSSR count). The van der Waals surface area contributed by atoms with E-state index in [1.54, 1.807) is 11.9 Å². The van der Waals surface area contributed by atoms with Crippen LogP contribution in [0.2, 0.25) is 4.34 Å². The highest BCUT2D eigenvalue weighted by Gasteiger charge is 2.14. The first-order valence-electron chi connectivity index (χ1n) is 5.24. The fraction of sp³-hybridized carbons (Fsp3) is 0.545. The molecule has 1 aromatic rings. The minimum atomic E-state index is 0.